The highest BCUT2D eigenvalue weighted by Crippen LogP contribution is 2.43. The van der Waals surface area contributed by atoms with Gasteiger partial charge in [0.1, 0.15) is 19.3 Å². The Hall–Kier alpha value is -2.24. The van der Waals surface area contributed by atoms with Gasteiger partial charge >= 0.3 is 0 Å². The molecule has 0 spiro atoms. The Morgan fingerprint density at radius 2 is 1.96 bits per heavy atom. The van der Waals surface area contributed by atoms with E-state index in [1.165, 1.54) is 5.56 Å². The summed E-state index contributed by atoms with van der Waals surface area (Å²) >= 11 is 0. The number of amides is 2. The highest BCUT2D eigenvalue weighted by Gasteiger charge is 2.38. The number of hydrogen-bond acceptors (Lipinski definition) is 4. The van der Waals surface area contributed by atoms with Crippen LogP contribution < -0.4 is 20.1 Å². The van der Waals surface area contributed by atoms with E-state index in [0.717, 1.165) is 37.2 Å². The van der Waals surface area contributed by atoms with Crippen LogP contribution in [0.2, 0.25) is 0 Å². The first-order valence-electron chi connectivity index (χ1n) is 9.14. The molecular weight excluding hydrogens is 320 g/mol. The maximum absolute atomic E-state index is 12.4. The lowest BCUT2D eigenvalue weighted by Crippen LogP contribution is -2.46. The largest absolute Gasteiger partial charge is 0.486 e. The number of hydrogen-bond donors (Lipinski definition) is 2. The highest BCUT2D eigenvalue weighted by molar-refractivity contribution is 5.90. The number of fused-ring (bicyclic) bond motifs is 1. The summed E-state index contributed by atoms with van der Waals surface area (Å²) in [5, 5.41) is 5.82. The van der Waals surface area contributed by atoms with Crippen LogP contribution in [0.5, 0.6) is 11.5 Å². The van der Waals surface area contributed by atoms with E-state index >= 15 is 0 Å². The van der Waals surface area contributed by atoms with Gasteiger partial charge in [-0.25, -0.2) is 0 Å². The van der Waals surface area contributed by atoms with Gasteiger partial charge in [-0.1, -0.05) is 18.9 Å². The molecule has 134 valence electrons. The molecule has 3 aliphatic rings. The molecule has 2 N–H and O–H groups in total. The van der Waals surface area contributed by atoms with Gasteiger partial charge in [-0.3, -0.25) is 9.59 Å². The van der Waals surface area contributed by atoms with Crippen LogP contribution in [0.3, 0.4) is 0 Å². The molecule has 0 unspecified atom stereocenters. The molecule has 1 atom stereocenters. The van der Waals surface area contributed by atoms with E-state index in [-0.39, 0.29) is 23.3 Å². The van der Waals surface area contributed by atoms with Crippen LogP contribution in [0.25, 0.3) is 0 Å². The molecular formula is C19H24N2O4. The maximum Gasteiger partial charge on any atom is 0.242 e. The zero-order valence-electron chi connectivity index (χ0n) is 14.3. The summed E-state index contributed by atoms with van der Waals surface area (Å²) < 4.78 is 11.3. The Balaban J connectivity index is 1.50. The van der Waals surface area contributed by atoms with Gasteiger partial charge in [0.25, 0.3) is 0 Å². The van der Waals surface area contributed by atoms with E-state index in [1.54, 1.807) is 0 Å². The van der Waals surface area contributed by atoms with E-state index in [4.69, 9.17) is 9.47 Å². The summed E-state index contributed by atoms with van der Waals surface area (Å²) in [5.41, 5.74) is 1.14. The lowest BCUT2D eigenvalue weighted by atomic mass is 9.78. The second kappa shape index (κ2) is 6.58. The van der Waals surface area contributed by atoms with Crippen LogP contribution >= 0.6 is 0 Å². The van der Waals surface area contributed by atoms with Crippen LogP contribution in [0, 0.1) is 0 Å². The molecule has 2 amide bonds. The van der Waals surface area contributed by atoms with Crippen LogP contribution in [0.15, 0.2) is 18.2 Å². The number of nitrogens with one attached hydrogen (secondary N) is 2. The molecule has 1 aromatic rings. The summed E-state index contributed by atoms with van der Waals surface area (Å²) in [5.74, 6) is 1.47. The average Bonchev–Trinajstić information content (AvgIpc) is 3.29. The van der Waals surface area contributed by atoms with Crippen LogP contribution in [0.4, 0.5) is 0 Å². The van der Waals surface area contributed by atoms with E-state index < -0.39 is 0 Å². The summed E-state index contributed by atoms with van der Waals surface area (Å²) in [4.78, 5) is 23.7. The van der Waals surface area contributed by atoms with Gasteiger partial charge in [-0.2, -0.15) is 0 Å². The molecule has 0 radical (unpaired) electrons. The Kier molecular flexibility index (Phi) is 4.27. The van der Waals surface area contributed by atoms with Gasteiger partial charge < -0.3 is 20.1 Å². The van der Waals surface area contributed by atoms with Crippen molar-refractivity contribution in [2.75, 3.05) is 19.8 Å². The number of carbonyl (C=O) groups is 2. The van der Waals surface area contributed by atoms with Crippen LogP contribution in [-0.2, 0) is 15.0 Å². The van der Waals surface area contributed by atoms with Gasteiger partial charge in [-0.05, 0) is 37.0 Å². The molecule has 2 aliphatic heterocycles. The Bertz CT molecular complexity index is 682. The smallest absolute Gasteiger partial charge is 0.242 e. The topological polar surface area (TPSA) is 76.7 Å². The number of carbonyl (C=O) groups excluding carboxylic acids is 2. The highest BCUT2D eigenvalue weighted by atomic mass is 16.6. The summed E-state index contributed by atoms with van der Waals surface area (Å²) in [6.45, 7) is 1.75. The zero-order valence-corrected chi connectivity index (χ0v) is 14.3. The monoisotopic (exact) mass is 344 g/mol. The van der Waals surface area contributed by atoms with Crippen molar-refractivity contribution in [3.8, 4) is 11.5 Å². The molecule has 0 bridgehead atoms. The third-order valence-electron chi connectivity index (χ3n) is 5.63. The lowest BCUT2D eigenvalue weighted by Gasteiger charge is -2.31. The fourth-order valence-corrected chi connectivity index (χ4v) is 4.18. The van der Waals surface area contributed by atoms with E-state index in [2.05, 4.69) is 22.8 Å². The number of rotatable bonds is 4. The Labute approximate surface area is 147 Å². The molecule has 1 saturated carbocycles. The molecule has 25 heavy (non-hydrogen) atoms. The van der Waals surface area contributed by atoms with Gasteiger partial charge in [0.15, 0.2) is 11.5 Å². The SMILES string of the molecule is O=C1CC[C@@H](C(=O)NCC2(c3ccc4c(c3)OCCO4)CCCC2)N1. The molecule has 1 aliphatic carbocycles. The summed E-state index contributed by atoms with van der Waals surface area (Å²) in [6, 6.07) is 5.76. The first kappa shape index (κ1) is 16.2. The third-order valence-corrected chi connectivity index (χ3v) is 5.63. The molecule has 6 nitrogen and oxygen atoms in total. The molecule has 2 fully saturated rings. The van der Waals surface area contributed by atoms with E-state index in [0.29, 0.717) is 32.6 Å². The molecule has 4 rings (SSSR count). The summed E-state index contributed by atoms with van der Waals surface area (Å²) in [7, 11) is 0. The second-order valence-corrected chi connectivity index (χ2v) is 7.22. The summed E-state index contributed by atoms with van der Waals surface area (Å²) in [6.07, 6.45) is 5.43. The molecule has 1 aromatic carbocycles. The van der Waals surface area contributed by atoms with Crippen molar-refractivity contribution in [3.05, 3.63) is 23.8 Å². The van der Waals surface area contributed by atoms with Crippen molar-refractivity contribution in [3.63, 3.8) is 0 Å². The molecule has 1 saturated heterocycles. The standard InChI is InChI=1S/C19H24N2O4/c22-17-6-4-14(21-17)18(23)20-12-19(7-1-2-8-19)13-3-5-15-16(11-13)25-10-9-24-15/h3,5,11,14H,1-2,4,6-10,12H2,(H,20,23)(H,21,22)/t14-/m0/s1. The second-order valence-electron chi connectivity index (χ2n) is 7.22. The van der Waals surface area contributed by atoms with Crippen molar-refractivity contribution in [1.29, 1.82) is 0 Å². The van der Waals surface area contributed by atoms with E-state index in [1.807, 2.05) is 6.07 Å². The van der Waals surface area contributed by atoms with Gasteiger partial charge in [0, 0.05) is 18.4 Å². The molecule has 6 heteroatoms. The van der Waals surface area contributed by atoms with Crippen molar-refractivity contribution in [2.45, 2.75) is 50.0 Å². The predicted molar refractivity (Wildman–Crippen MR) is 91.8 cm³/mol. The van der Waals surface area contributed by atoms with Gasteiger partial charge in [-0.15, -0.1) is 0 Å². The predicted octanol–water partition coefficient (Wildman–Crippen LogP) is 1.66. The lowest BCUT2D eigenvalue weighted by molar-refractivity contribution is -0.125. The number of benzene rings is 1. The minimum atomic E-state index is -0.383. The quantitative estimate of drug-likeness (QED) is 0.871. The van der Waals surface area contributed by atoms with Crippen molar-refractivity contribution in [2.24, 2.45) is 0 Å². The first-order valence-corrected chi connectivity index (χ1v) is 9.14. The fraction of sp³-hybridized carbons (Fsp3) is 0.579. The third kappa shape index (κ3) is 3.17. The van der Waals surface area contributed by atoms with Gasteiger partial charge in [0.05, 0.1) is 0 Å². The first-order chi connectivity index (χ1) is 12.2. The Morgan fingerprint density at radius 3 is 2.68 bits per heavy atom. The van der Waals surface area contributed by atoms with Crippen molar-refractivity contribution in [1.82, 2.24) is 10.6 Å². The average molecular weight is 344 g/mol. The van der Waals surface area contributed by atoms with Gasteiger partial charge in [0.2, 0.25) is 11.8 Å². The van der Waals surface area contributed by atoms with Crippen LogP contribution in [-0.4, -0.2) is 37.6 Å². The van der Waals surface area contributed by atoms with Crippen molar-refractivity contribution < 1.29 is 19.1 Å². The Morgan fingerprint density at radius 1 is 1.20 bits per heavy atom. The zero-order chi connectivity index (χ0) is 17.3. The minimum absolute atomic E-state index is 0.0393. The maximum atomic E-state index is 12.4. The normalized spacial score (nSPS) is 24.0. The number of ether oxygens (including phenoxy) is 2. The fourth-order valence-electron chi connectivity index (χ4n) is 4.18. The van der Waals surface area contributed by atoms with E-state index in [9.17, 15) is 9.59 Å². The molecule has 0 aromatic heterocycles. The van der Waals surface area contributed by atoms with Crippen LogP contribution in [0.1, 0.15) is 44.1 Å². The minimum Gasteiger partial charge on any atom is -0.486 e. The molecule has 2 heterocycles. The van der Waals surface area contributed by atoms with Crippen molar-refractivity contribution >= 4 is 11.8 Å².